The maximum atomic E-state index is 9.73. The predicted molar refractivity (Wildman–Crippen MR) is 121 cm³/mol. The van der Waals surface area contributed by atoms with Crippen molar-refractivity contribution in [1.29, 1.82) is 0 Å². The minimum atomic E-state index is -0.131. The molecule has 5 rings (SSSR count). The van der Waals surface area contributed by atoms with E-state index in [1.165, 1.54) is 11.8 Å². The molecule has 2 saturated heterocycles. The fraction of sp³-hybridized carbons (Fsp3) is 0.476. The second-order valence-electron chi connectivity index (χ2n) is 8.32. The quantitative estimate of drug-likeness (QED) is 0.611. The lowest BCUT2D eigenvalue weighted by Crippen LogP contribution is -2.41. The molecule has 2 aliphatic rings. The maximum Gasteiger partial charge on any atom is 0.155 e. The number of halogens is 1. The first-order valence-corrected chi connectivity index (χ1v) is 11.6. The van der Waals surface area contributed by atoms with Gasteiger partial charge in [-0.05, 0) is 43.7 Å². The molecule has 10 heteroatoms. The molecule has 0 unspecified atom stereocenters. The van der Waals surface area contributed by atoms with Gasteiger partial charge in [-0.15, -0.1) is 0 Å². The van der Waals surface area contributed by atoms with Crippen LogP contribution in [0, 0.1) is 12.3 Å². The zero-order chi connectivity index (χ0) is 21.6. The molecule has 1 spiro atoms. The number of anilines is 2. The molecule has 0 aromatic carbocycles. The van der Waals surface area contributed by atoms with E-state index in [0.717, 1.165) is 72.5 Å². The molecular weight excluding hydrogens is 436 g/mol. The van der Waals surface area contributed by atoms with E-state index < -0.39 is 0 Å². The topological polar surface area (TPSA) is 102 Å². The summed E-state index contributed by atoms with van der Waals surface area (Å²) in [7, 11) is 0. The van der Waals surface area contributed by atoms with Crippen molar-refractivity contribution in [2.75, 3.05) is 36.9 Å². The van der Waals surface area contributed by atoms with E-state index in [0.29, 0.717) is 21.9 Å². The van der Waals surface area contributed by atoms with Crippen molar-refractivity contribution in [3.05, 3.63) is 34.7 Å². The first-order valence-electron chi connectivity index (χ1n) is 10.4. The highest BCUT2D eigenvalue weighted by molar-refractivity contribution is 7.99. The summed E-state index contributed by atoms with van der Waals surface area (Å²) < 4.78 is 7.54. The van der Waals surface area contributed by atoms with Gasteiger partial charge in [0.25, 0.3) is 0 Å². The average molecular weight is 461 g/mol. The van der Waals surface area contributed by atoms with Crippen LogP contribution in [0.4, 0.5) is 11.6 Å². The van der Waals surface area contributed by atoms with Gasteiger partial charge in [-0.3, -0.25) is 0 Å². The monoisotopic (exact) mass is 460 g/mol. The van der Waals surface area contributed by atoms with Gasteiger partial charge in [0.05, 0.1) is 29.6 Å². The normalized spacial score (nSPS) is 18.4. The molecule has 0 saturated carbocycles. The van der Waals surface area contributed by atoms with E-state index in [1.54, 1.807) is 6.20 Å². The number of ether oxygens (including phenoxy) is 1. The van der Waals surface area contributed by atoms with Crippen LogP contribution in [0.25, 0.3) is 5.52 Å². The van der Waals surface area contributed by atoms with Crippen LogP contribution in [0.15, 0.2) is 28.3 Å². The number of hydrogen-bond acceptors (Lipinski definition) is 8. The highest BCUT2D eigenvalue weighted by atomic mass is 35.5. The summed E-state index contributed by atoms with van der Waals surface area (Å²) in [6, 6.07) is 3.74. The van der Waals surface area contributed by atoms with Crippen molar-refractivity contribution in [2.24, 2.45) is 5.41 Å². The number of hydrogen-bond donors (Lipinski definition) is 2. The van der Waals surface area contributed by atoms with Crippen molar-refractivity contribution in [2.45, 2.75) is 42.7 Å². The zero-order valence-electron chi connectivity index (χ0n) is 17.3. The molecule has 0 amide bonds. The van der Waals surface area contributed by atoms with Gasteiger partial charge in [-0.25, -0.2) is 14.5 Å². The number of aromatic nitrogens is 4. The number of fused-ring (bicyclic) bond motifs is 1. The number of pyridine rings is 1. The molecule has 31 heavy (non-hydrogen) atoms. The fourth-order valence-corrected chi connectivity index (χ4v) is 5.63. The zero-order valence-corrected chi connectivity index (χ0v) is 18.9. The van der Waals surface area contributed by atoms with Crippen LogP contribution in [0.3, 0.4) is 0 Å². The van der Waals surface area contributed by atoms with E-state index in [-0.39, 0.29) is 6.61 Å². The number of rotatable bonds is 4. The Morgan fingerprint density at radius 3 is 2.84 bits per heavy atom. The summed E-state index contributed by atoms with van der Waals surface area (Å²) in [6.07, 6.45) is 4.98. The van der Waals surface area contributed by atoms with Gasteiger partial charge in [0.15, 0.2) is 5.82 Å². The Morgan fingerprint density at radius 2 is 2.13 bits per heavy atom. The lowest BCUT2D eigenvalue weighted by molar-refractivity contribution is 0.133. The third-order valence-electron chi connectivity index (χ3n) is 6.32. The molecule has 0 atom stereocenters. The van der Waals surface area contributed by atoms with Gasteiger partial charge in [-0.1, -0.05) is 23.4 Å². The summed E-state index contributed by atoms with van der Waals surface area (Å²) in [6.45, 7) is 5.45. The number of piperidine rings is 1. The van der Waals surface area contributed by atoms with Crippen molar-refractivity contribution >= 4 is 40.5 Å². The molecule has 2 fully saturated rings. The highest BCUT2D eigenvalue weighted by Gasteiger charge is 2.38. The van der Waals surface area contributed by atoms with Crippen LogP contribution in [0.1, 0.15) is 30.7 Å². The number of nitrogen functional groups attached to an aromatic ring is 1. The van der Waals surface area contributed by atoms with Gasteiger partial charge in [0.1, 0.15) is 16.4 Å². The molecular formula is C21H25ClN6O2S. The summed E-state index contributed by atoms with van der Waals surface area (Å²) in [5.41, 5.74) is 8.54. The lowest BCUT2D eigenvalue weighted by atomic mass is 9.78. The molecule has 5 heterocycles. The molecule has 0 radical (unpaired) electrons. The van der Waals surface area contributed by atoms with Crippen molar-refractivity contribution in [1.82, 2.24) is 19.6 Å². The third-order valence-corrected chi connectivity index (χ3v) is 8.05. The van der Waals surface area contributed by atoms with Crippen molar-refractivity contribution < 1.29 is 9.84 Å². The minimum absolute atomic E-state index is 0.131. The van der Waals surface area contributed by atoms with Crippen LogP contribution >= 0.6 is 23.4 Å². The molecule has 3 aromatic rings. The van der Waals surface area contributed by atoms with Crippen LogP contribution in [0.5, 0.6) is 0 Å². The molecule has 2 aliphatic heterocycles. The Hall–Kier alpha value is -2.07. The summed E-state index contributed by atoms with van der Waals surface area (Å²) >= 11 is 7.82. The SMILES string of the molecule is Cc1nc(N2CCC3(CCOC3)CC2)c2cc(CO)nn2c1Sc1ccnc(N)c1Cl. The number of nitrogens with zero attached hydrogens (tertiary/aromatic N) is 5. The highest BCUT2D eigenvalue weighted by Crippen LogP contribution is 2.42. The lowest BCUT2D eigenvalue weighted by Gasteiger charge is -2.39. The fourth-order valence-electron chi connectivity index (χ4n) is 4.45. The molecule has 164 valence electrons. The van der Waals surface area contributed by atoms with E-state index in [2.05, 4.69) is 15.0 Å². The average Bonchev–Trinajstić information content (AvgIpc) is 3.41. The van der Waals surface area contributed by atoms with Crippen LogP contribution in [-0.2, 0) is 11.3 Å². The molecule has 3 aromatic heterocycles. The summed E-state index contributed by atoms with van der Waals surface area (Å²) in [4.78, 5) is 12.1. The van der Waals surface area contributed by atoms with Gasteiger partial charge < -0.3 is 20.5 Å². The van der Waals surface area contributed by atoms with Crippen molar-refractivity contribution in [3.8, 4) is 0 Å². The smallest absolute Gasteiger partial charge is 0.155 e. The first kappa shape index (κ1) is 20.8. The number of aliphatic hydroxyl groups is 1. The van der Waals surface area contributed by atoms with Crippen molar-refractivity contribution in [3.63, 3.8) is 0 Å². The maximum absolute atomic E-state index is 9.73. The second kappa shape index (κ2) is 8.12. The molecule has 0 bridgehead atoms. The largest absolute Gasteiger partial charge is 0.390 e. The molecule has 8 nitrogen and oxygen atoms in total. The summed E-state index contributed by atoms with van der Waals surface area (Å²) in [5, 5.41) is 15.6. The number of nitrogens with two attached hydrogens (primary N) is 1. The molecule has 0 aliphatic carbocycles. The van der Waals surface area contributed by atoms with E-state index in [9.17, 15) is 5.11 Å². The Morgan fingerprint density at radius 1 is 1.32 bits per heavy atom. The predicted octanol–water partition coefficient (Wildman–Crippen LogP) is 3.32. The van der Waals surface area contributed by atoms with E-state index >= 15 is 0 Å². The third kappa shape index (κ3) is 3.73. The summed E-state index contributed by atoms with van der Waals surface area (Å²) in [5.74, 6) is 1.20. The molecule has 3 N–H and O–H groups in total. The Balaban J connectivity index is 1.53. The Kier molecular flexibility index (Phi) is 5.45. The van der Waals surface area contributed by atoms with Crippen LogP contribution < -0.4 is 10.6 Å². The Labute approximate surface area is 189 Å². The second-order valence-corrected chi connectivity index (χ2v) is 9.73. The Bertz CT molecular complexity index is 1120. The van der Waals surface area contributed by atoms with Gasteiger partial charge in [0, 0.05) is 30.8 Å². The number of aliphatic hydroxyl groups excluding tert-OH is 1. The van der Waals surface area contributed by atoms with Gasteiger partial charge >= 0.3 is 0 Å². The van der Waals surface area contributed by atoms with Gasteiger partial charge in [-0.2, -0.15) is 5.10 Å². The standard InChI is InChI=1S/C21H25ClN6O2S/c1-13-20(31-16-2-6-24-18(23)17(16)22)28-15(10-14(11-29)26-28)19(25-13)27-7-3-21(4-8-27)5-9-30-12-21/h2,6,10,29H,3-5,7-9,11-12H2,1H3,(H2,23,24). The minimum Gasteiger partial charge on any atom is -0.390 e. The van der Waals surface area contributed by atoms with Gasteiger partial charge in [0.2, 0.25) is 0 Å². The van der Waals surface area contributed by atoms with Crippen LogP contribution in [0.2, 0.25) is 5.02 Å². The van der Waals surface area contributed by atoms with E-state index in [4.69, 9.17) is 27.1 Å². The van der Waals surface area contributed by atoms with E-state index in [1.807, 2.05) is 23.6 Å². The first-order chi connectivity index (χ1) is 15.0. The van der Waals surface area contributed by atoms with Crippen LogP contribution in [-0.4, -0.2) is 51.0 Å². The number of aryl methyl sites for hydroxylation is 1.